The average molecular weight is 471 g/mol. The second-order valence-electron chi connectivity index (χ2n) is 7.94. The highest BCUT2D eigenvalue weighted by molar-refractivity contribution is 5.98. The van der Waals surface area contributed by atoms with Crippen molar-refractivity contribution in [3.63, 3.8) is 0 Å². The molecule has 3 rings (SSSR count). The first-order valence-electron chi connectivity index (χ1n) is 10.5. The van der Waals surface area contributed by atoms with Gasteiger partial charge in [-0.25, -0.2) is 4.39 Å². The maximum Gasteiger partial charge on any atom is 0.251 e. The number of ether oxygens (including phenoxy) is 1. The molecule has 6 N–H and O–H groups in total. The van der Waals surface area contributed by atoms with Crippen LogP contribution in [-0.4, -0.2) is 59.3 Å². The van der Waals surface area contributed by atoms with E-state index in [4.69, 9.17) is 10.5 Å². The van der Waals surface area contributed by atoms with Crippen LogP contribution in [0.25, 0.3) is 0 Å². The number of amides is 3. The van der Waals surface area contributed by atoms with Crippen molar-refractivity contribution >= 4 is 17.7 Å². The summed E-state index contributed by atoms with van der Waals surface area (Å²) in [5, 5.41) is 25.6. The summed E-state index contributed by atoms with van der Waals surface area (Å²) in [5.74, 6) is -2.09. The maximum atomic E-state index is 13.4. The van der Waals surface area contributed by atoms with Gasteiger partial charge in [-0.3, -0.25) is 14.4 Å². The number of nitrogens with two attached hydrogens (primary N) is 1. The molecule has 0 bridgehead atoms. The molecular weight excluding hydrogens is 445 g/mol. The van der Waals surface area contributed by atoms with Crippen LogP contribution in [0.5, 0.6) is 5.75 Å². The summed E-state index contributed by atoms with van der Waals surface area (Å²) in [7, 11) is 1.53. The van der Waals surface area contributed by atoms with Gasteiger partial charge in [0.1, 0.15) is 23.7 Å². The van der Waals surface area contributed by atoms with Crippen LogP contribution in [0.15, 0.2) is 60.2 Å². The van der Waals surface area contributed by atoms with Gasteiger partial charge in [-0.2, -0.15) is 0 Å². The largest absolute Gasteiger partial charge is 0.497 e. The Kier molecular flexibility index (Phi) is 7.98. The first-order valence-corrected chi connectivity index (χ1v) is 10.5. The van der Waals surface area contributed by atoms with Crippen molar-refractivity contribution in [2.45, 2.75) is 37.1 Å². The highest BCUT2D eigenvalue weighted by Gasteiger charge is 2.34. The molecule has 1 aliphatic rings. The number of halogens is 1. The predicted octanol–water partition coefficient (Wildman–Crippen LogP) is 0.197. The van der Waals surface area contributed by atoms with Crippen LogP contribution in [0.3, 0.4) is 0 Å². The molecule has 0 heterocycles. The summed E-state index contributed by atoms with van der Waals surface area (Å²) >= 11 is 0. The summed E-state index contributed by atoms with van der Waals surface area (Å²) in [5.41, 5.74) is 6.27. The van der Waals surface area contributed by atoms with Crippen molar-refractivity contribution in [2.75, 3.05) is 7.11 Å². The maximum absolute atomic E-state index is 13.4. The zero-order valence-electron chi connectivity index (χ0n) is 18.4. The highest BCUT2D eigenvalue weighted by Crippen LogP contribution is 2.21. The van der Waals surface area contributed by atoms with E-state index in [2.05, 4.69) is 10.6 Å². The van der Waals surface area contributed by atoms with Gasteiger partial charge in [0, 0.05) is 24.0 Å². The fourth-order valence-corrected chi connectivity index (χ4v) is 3.60. The molecular formula is C24H26FN3O6. The number of aliphatic hydroxyl groups excluding tert-OH is 2. The van der Waals surface area contributed by atoms with Gasteiger partial charge in [-0.15, -0.1) is 0 Å². The Morgan fingerprint density at radius 1 is 1.15 bits per heavy atom. The van der Waals surface area contributed by atoms with Crippen LogP contribution in [0.1, 0.15) is 22.3 Å². The standard InChI is InChI=1S/C24H26FN3O6/c1-34-17-7-5-13(6-8-17)9-19(22(26)31)28-24(33)15-11-18(21(30)20(29)12-15)27-23(32)14-3-2-4-16(25)10-14/h2-8,10-11,18-21,29-30H,9,12H2,1H3,(H2,26,31)(H,27,32)(H,28,33). The van der Waals surface area contributed by atoms with E-state index in [0.717, 1.165) is 11.6 Å². The number of nitrogens with one attached hydrogen (secondary N) is 2. The molecule has 1 aliphatic carbocycles. The van der Waals surface area contributed by atoms with Gasteiger partial charge >= 0.3 is 0 Å². The van der Waals surface area contributed by atoms with Crippen LogP contribution in [0.2, 0.25) is 0 Å². The van der Waals surface area contributed by atoms with Gasteiger partial charge in [-0.05, 0) is 35.9 Å². The molecule has 4 unspecified atom stereocenters. The van der Waals surface area contributed by atoms with Crippen molar-refractivity contribution < 1.29 is 33.7 Å². The molecule has 0 radical (unpaired) electrons. The first-order chi connectivity index (χ1) is 16.2. The Morgan fingerprint density at radius 3 is 2.47 bits per heavy atom. The molecule has 0 aromatic heterocycles. The fourth-order valence-electron chi connectivity index (χ4n) is 3.60. The molecule has 3 amide bonds. The van der Waals surface area contributed by atoms with Crippen molar-refractivity contribution in [1.82, 2.24) is 10.6 Å². The third-order valence-corrected chi connectivity index (χ3v) is 5.50. The number of rotatable bonds is 8. The molecule has 0 saturated heterocycles. The van der Waals surface area contributed by atoms with Crippen LogP contribution >= 0.6 is 0 Å². The molecule has 10 heteroatoms. The Bertz CT molecular complexity index is 1090. The number of carbonyl (C=O) groups excluding carboxylic acids is 3. The molecule has 0 saturated carbocycles. The van der Waals surface area contributed by atoms with Crippen molar-refractivity contribution in [1.29, 1.82) is 0 Å². The minimum absolute atomic E-state index is 0.0138. The van der Waals surface area contributed by atoms with E-state index in [9.17, 15) is 29.0 Å². The average Bonchev–Trinajstić information content (AvgIpc) is 2.81. The highest BCUT2D eigenvalue weighted by atomic mass is 19.1. The molecule has 0 aliphatic heterocycles. The van der Waals surface area contributed by atoms with Gasteiger partial charge < -0.3 is 31.3 Å². The number of methoxy groups -OCH3 is 1. The second kappa shape index (κ2) is 10.9. The van der Waals surface area contributed by atoms with Gasteiger partial charge in [0.15, 0.2) is 0 Å². The summed E-state index contributed by atoms with van der Waals surface area (Å²) in [6.07, 6.45) is -1.51. The van der Waals surface area contributed by atoms with Gasteiger partial charge in [0.25, 0.3) is 5.91 Å². The van der Waals surface area contributed by atoms with E-state index in [-0.39, 0.29) is 24.0 Å². The van der Waals surface area contributed by atoms with Crippen molar-refractivity contribution in [3.05, 3.63) is 77.1 Å². The Labute approximate surface area is 195 Å². The van der Waals surface area contributed by atoms with E-state index in [1.807, 2.05) is 0 Å². The number of benzene rings is 2. The van der Waals surface area contributed by atoms with E-state index >= 15 is 0 Å². The molecule has 180 valence electrons. The quantitative estimate of drug-likeness (QED) is 0.371. The molecule has 9 nitrogen and oxygen atoms in total. The topological polar surface area (TPSA) is 151 Å². The number of hydrogen-bond acceptors (Lipinski definition) is 6. The monoisotopic (exact) mass is 471 g/mol. The molecule has 0 fully saturated rings. The lowest BCUT2D eigenvalue weighted by molar-refractivity contribution is -0.125. The van der Waals surface area contributed by atoms with E-state index < -0.39 is 47.8 Å². The predicted molar refractivity (Wildman–Crippen MR) is 120 cm³/mol. The number of aliphatic hydroxyl groups is 2. The minimum Gasteiger partial charge on any atom is -0.497 e. The van der Waals surface area contributed by atoms with Crippen LogP contribution in [0, 0.1) is 5.82 Å². The zero-order valence-corrected chi connectivity index (χ0v) is 18.4. The Balaban J connectivity index is 1.72. The third-order valence-electron chi connectivity index (χ3n) is 5.50. The zero-order chi connectivity index (χ0) is 24.8. The Hall–Kier alpha value is -3.76. The summed E-state index contributed by atoms with van der Waals surface area (Å²) < 4.78 is 18.5. The van der Waals surface area contributed by atoms with Crippen molar-refractivity contribution in [3.8, 4) is 5.75 Å². The van der Waals surface area contributed by atoms with E-state index in [1.165, 1.54) is 31.4 Å². The lowest BCUT2D eigenvalue weighted by Gasteiger charge is -2.31. The van der Waals surface area contributed by atoms with Gasteiger partial charge in [0.05, 0.1) is 19.3 Å². The van der Waals surface area contributed by atoms with Crippen LogP contribution < -0.4 is 21.1 Å². The first kappa shape index (κ1) is 24.9. The Morgan fingerprint density at radius 2 is 1.85 bits per heavy atom. The van der Waals surface area contributed by atoms with Gasteiger partial charge in [0.2, 0.25) is 11.8 Å². The molecule has 2 aromatic carbocycles. The van der Waals surface area contributed by atoms with E-state index in [1.54, 1.807) is 24.3 Å². The normalized spacial score (nSPS) is 20.6. The third kappa shape index (κ3) is 6.18. The molecule has 0 spiro atoms. The molecule has 4 atom stereocenters. The number of hydrogen-bond donors (Lipinski definition) is 5. The van der Waals surface area contributed by atoms with Crippen LogP contribution in [0.4, 0.5) is 4.39 Å². The fraction of sp³-hybridized carbons (Fsp3) is 0.292. The summed E-state index contributed by atoms with van der Waals surface area (Å²) in [4.78, 5) is 37.2. The molecule has 34 heavy (non-hydrogen) atoms. The summed E-state index contributed by atoms with van der Waals surface area (Å²) in [6.45, 7) is 0. The van der Waals surface area contributed by atoms with E-state index in [0.29, 0.717) is 5.75 Å². The smallest absolute Gasteiger partial charge is 0.251 e. The lowest BCUT2D eigenvalue weighted by Crippen LogP contribution is -2.52. The number of primary amides is 1. The number of carbonyl (C=O) groups is 3. The van der Waals surface area contributed by atoms with Crippen molar-refractivity contribution in [2.24, 2.45) is 5.73 Å². The second-order valence-corrected chi connectivity index (χ2v) is 7.94. The molecule has 2 aromatic rings. The SMILES string of the molecule is COc1ccc(CC(NC(=O)C2=CC(NC(=O)c3cccc(F)c3)C(O)C(O)C2)C(N)=O)cc1. The minimum atomic E-state index is -1.39. The summed E-state index contributed by atoms with van der Waals surface area (Å²) in [6, 6.07) is 9.69. The van der Waals surface area contributed by atoms with Gasteiger partial charge in [-0.1, -0.05) is 24.3 Å². The lowest BCUT2D eigenvalue weighted by atomic mass is 9.89. The van der Waals surface area contributed by atoms with Crippen LogP contribution in [-0.2, 0) is 16.0 Å².